The maximum Gasteiger partial charge on any atom is 0.245 e. The highest BCUT2D eigenvalue weighted by Crippen LogP contribution is 2.40. The Hall–Kier alpha value is -2.42. The van der Waals surface area contributed by atoms with Gasteiger partial charge in [0, 0.05) is 25.4 Å². The lowest BCUT2D eigenvalue weighted by molar-refractivity contribution is -0.132. The van der Waals surface area contributed by atoms with Gasteiger partial charge in [0.2, 0.25) is 18.6 Å². The molecule has 0 aromatic heterocycles. The van der Waals surface area contributed by atoms with Crippen molar-refractivity contribution < 1.29 is 19.1 Å². The minimum absolute atomic E-state index is 0.0135. The molecule has 1 spiro atoms. The van der Waals surface area contributed by atoms with Crippen molar-refractivity contribution in [1.29, 1.82) is 0 Å². The lowest BCUT2D eigenvalue weighted by Gasteiger charge is -2.39. The molecule has 3 aliphatic heterocycles. The van der Waals surface area contributed by atoms with Gasteiger partial charge in [-0.15, -0.1) is 23.4 Å². The topological polar surface area (TPSA) is 79.9 Å². The lowest BCUT2D eigenvalue weighted by atomic mass is 10.0. The van der Waals surface area contributed by atoms with Gasteiger partial charge in [-0.25, -0.2) is 0 Å². The average Bonchev–Trinajstić information content (AvgIpc) is 3.50. The molecule has 7 nitrogen and oxygen atoms in total. The van der Waals surface area contributed by atoms with Crippen LogP contribution >= 0.6 is 23.4 Å². The van der Waals surface area contributed by atoms with Crippen LogP contribution in [0.1, 0.15) is 29.3 Å². The number of alkyl halides is 1. The summed E-state index contributed by atoms with van der Waals surface area (Å²) in [5.74, 6) is 2.08. The van der Waals surface area contributed by atoms with Gasteiger partial charge >= 0.3 is 0 Å². The molecule has 2 saturated heterocycles. The van der Waals surface area contributed by atoms with Crippen molar-refractivity contribution in [2.45, 2.75) is 35.7 Å². The molecule has 0 bridgehead atoms. The molecule has 2 aromatic carbocycles. The molecule has 5 rings (SSSR count). The molecular weight excluding hydrogens is 462 g/mol. The Morgan fingerprint density at radius 1 is 1.15 bits per heavy atom. The number of hydrogen-bond donors (Lipinski definition) is 2. The number of piperidine rings is 1. The van der Waals surface area contributed by atoms with Crippen molar-refractivity contribution in [2.24, 2.45) is 0 Å². The third-order valence-corrected chi connectivity index (χ3v) is 8.39. The monoisotopic (exact) mass is 487 g/mol. The van der Waals surface area contributed by atoms with Crippen LogP contribution in [-0.2, 0) is 16.1 Å². The minimum Gasteiger partial charge on any atom is -0.454 e. The van der Waals surface area contributed by atoms with E-state index in [9.17, 15) is 9.59 Å². The van der Waals surface area contributed by atoms with E-state index >= 15 is 0 Å². The van der Waals surface area contributed by atoms with Gasteiger partial charge < -0.3 is 19.7 Å². The van der Waals surface area contributed by atoms with Crippen LogP contribution in [0.4, 0.5) is 0 Å². The number of rotatable bonds is 5. The molecule has 3 heterocycles. The lowest BCUT2D eigenvalue weighted by Crippen LogP contribution is -2.54. The first-order valence-corrected chi connectivity index (χ1v) is 12.5. The Bertz CT molecular complexity index is 1030. The quantitative estimate of drug-likeness (QED) is 0.631. The van der Waals surface area contributed by atoms with Crippen LogP contribution in [0.2, 0.25) is 0 Å². The number of carbonyl (C=O) groups excluding carboxylic acids is 2. The molecule has 3 aliphatic rings. The highest BCUT2D eigenvalue weighted by molar-refractivity contribution is 8.01. The zero-order valence-corrected chi connectivity index (χ0v) is 19.7. The molecular formula is C24H26ClN3O4S. The van der Waals surface area contributed by atoms with E-state index in [1.165, 1.54) is 0 Å². The third kappa shape index (κ3) is 4.78. The Balaban J connectivity index is 1.11. The summed E-state index contributed by atoms with van der Waals surface area (Å²) < 4.78 is 10.7. The number of ether oxygens (including phenoxy) is 2. The highest BCUT2D eigenvalue weighted by Gasteiger charge is 2.45. The van der Waals surface area contributed by atoms with Crippen LogP contribution in [0.5, 0.6) is 11.5 Å². The molecule has 2 fully saturated rings. The third-order valence-electron chi connectivity index (χ3n) is 6.38. The second-order valence-corrected chi connectivity index (χ2v) is 10.3. The first-order chi connectivity index (χ1) is 16.0. The van der Waals surface area contributed by atoms with Gasteiger partial charge in [-0.2, -0.15) is 0 Å². The molecule has 9 heteroatoms. The van der Waals surface area contributed by atoms with Crippen LogP contribution in [0, 0.1) is 0 Å². The maximum atomic E-state index is 12.9. The molecule has 2 atom stereocenters. The summed E-state index contributed by atoms with van der Waals surface area (Å²) in [4.78, 5) is 27.3. The van der Waals surface area contributed by atoms with Gasteiger partial charge in [-0.3, -0.25) is 14.9 Å². The normalized spacial score (nSPS) is 21.7. The van der Waals surface area contributed by atoms with Crippen molar-refractivity contribution in [3.8, 4) is 11.5 Å². The molecule has 2 unspecified atom stereocenters. The number of halogens is 1. The van der Waals surface area contributed by atoms with Gasteiger partial charge in [0.15, 0.2) is 11.5 Å². The number of carbonyl (C=O) groups is 2. The number of amides is 2. The zero-order valence-electron chi connectivity index (χ0n) is 18.1. The molecule has 174 valence electrons. The zero-order chi connectivity index (χ0) is 22.8. The summed E-state index contributed by atoms with van der Waals surface area (Å²) in [6.07, 6.45) is 1.57. The smallest absolute Gasteiger partial charge is 0.245 e. The summed E-state index contributed by atoms with van der Waals surface area (Å²) >= 11 is 8.22. The fourth-order valence-corrected chi connectivity index (χ4v) is 6.15. The van der Waals surface area contributed by atoms with E-state index in [1.54, 1.807) is 11.8 Å². The van der Waals surface area contributed by atoms with E-state index < -0.39 is 5.38 Å². The molecule has 0 saturated carbocycles. The van der Waals surface area contributed by atoms with Crippen molar-refractivity contribution in [3.63, 3.8) is 0 Å². The maximum absolute atomic E-state index is 12.9. The van der Waals surface area contributed by atoms with E-state index in [2.05, 4.69) is 10.6 Å². The Morgan fingerprint density at radius 3 is 2.70 bits per heavy atom. The first-order valence-electron chi connectivity index (χ1n) is 11.1. The van der Waals surface area contributed by atoms with E-state index in [0.29, 0.717) is 31.1 Å². The largest absolute Gasteiger partial charge is 0.454 e. The van der Waals surface area contributed by atoms with Crippen molar-refractivity contribution >= 4 is 35.2 Å². The fourth-order valence-electron chi connectivity index (χ4n) is 4.45. The van der Waals surface area contributed by atoms with Crippen LogP contribution < -0.4 is 20.1 Å². The van der Waals surface area contributed by atoms with Crippen molar-refractivity contribution in [3.05, 3.63) is 59.7 Å². The predicted molar refractivity (Wildman–Crippen MR) is 127 cm³/mol. The minimum atomic E-state index is -0.667. The molecule has 2 aromatic rings. The van der Waals surface area contributed by atoms with Gasteiger partial charge in [-0.1, -0.05) is 36.4 Å². The number of benzene rings is 2. The van der Waals surface area contributed by atoms with Gasteiger partial charge in [0.25, 0.3) is 0 Å². The molecule has 2 amide bonds. The van der Waals surface area contributed by atoms with Gasteiger partial charge in [0.05, 0.1) is 10.9 Å². The van der Waals surface area contributed by atoms with Crippen molar-refractivity contribution in [1.82, 2.24) is 15.5 Å². The van der Waals surface area contributed by atoms with Gasteiger partial charge in [0.1, 0.15) is 5.38 Å². The summed E-state index contributed by atoms with van der Waals surface area (Å²) in [5, 5.41) is 5.89. The Morgan fingerprint density at radius 2 is 1.91 bits per heavy atom. The standard InChI is InChI=1S/C24H26ClN3O4S/c25-21(17-4-2-1-3-5-17)23(30)28-10-8-24(9-11-28)27-18(14-33-24)22(29)26-13-16-6-7-19-20(12-16)32-15-31-19/h1-7,12,18,21,27H,8-11,13-15H2,(H,26,29). The van der Waals surface area contributed by atoms with Crippen LogP contribution in [0.3, 0.4) is 0 Å². The highest BCUT2D eigenvalue weighted by atomic mass is 35.5. The van der Waals surface area contributed by atoms with E-state index in [1.807, 2.05) is 53.4 Å². The SMILES string of the molecule is O=C(NCc1ccc2c(c1)OCO2)C1CSC2(CCN(C(=O)C(Cl)c3ccccc3)CC2)N1. The van der Waals surface area contributed by atoms with E-state index in [4.69, 9.17) is 21.1 Å². The van der Waals surface area contributed by atoms with Crippen LogP contribution in [0.25, 0.3) is 0 Å². The molecule has 2 N–H and O–H groups in total. The van der Waals surface area contributed by atoms with Crippen LogP contribution in [0.15, 0.2) is 48.5 Å². The van der Waals surface area contributed by atoms with E-state index in [0.717, 1.165) is 29.7 Å². The second-order valence-electron chi connectivity index (χ2n) is 8.51. The predicted octanol–water partition coefficient (Wildman–Crippen LogP) is 3.04. The Labute approximate surface area is 202 Å². The number of likely N-dealkylation sites (tertiary alicyclic amines) is 1. The number of hydrogen-bond acceptors (Lipinski definition) is 6. The Kier molecular flexibility index (Phi) is 6.40. The van der Waals surface area contributed by atoms with E-state index in [-0.39, 0.29) is 29.5 Å². The number of nitrogens with one attached hydrogen (secondary N) is 2. The summed E-state index contributed by atoms with van der Waals surface area (Å²) in [6.45, 7) is 1.92. The summed E-state index contributed by atoms with van der Waals surface area (Å²) in [5.41, 5.74) is 1.78. The first kappa shape index (κ1) is 22.4. The second kappa shape index (κ2) is 9.44. The number of thioether (sulfide) groups is 1. The fraction of sp³-hybridized carbons (Fsp3) is 0.417. The molecule has 33 heavy (non-hydrogen) atoms. The number of nitrogens with zero attached hydrogens (tertiary/aromatic N) is 1. The van der Waals surface area contributed by atoms with Crippen LogP contribution in [-0.4, -0.2) is 53.3 Å². The summed E-state index contributed by atoms with van der Waals surface area (Å²) in [7, 11) is 0. The molecule has 0 aliphatic carbocycles. The summed E-state index contributed by atoms with van der Waals surface area (Å²) in [6, 6.07) is 14.9. The van der Waals surface area contributed by atoms with Gasteiger partial charge in [-0.05, 0) is 36.1 Å². The average molecular weight is 488 g/mol. The van der Waals surface area contributed by atoms with Crippen molar-refractivity contribution in [2.75, 3.05) is 25.6 Å². The molecule has 0 radical (unpaired) electrons. The number of fused-ring (bicyclic) bond motifs is 1.